The minimum atomic E-state index is -0.441. The van der Waals surface area contributed by atoms with E-state index in [9.17, 15) is 9.90 Å². The van der Waals surface area contributed by atoms with Crippen molar-refractivity contribution in [3.63, 3.8) is 0 Å². The van der Waals surface area contributed by atoms with Crippen LogP contribution in [0.4, 0.5) is 0 Å². The zero-order chi connectivity index (χ0) is 8.85. The Kier molecular flexibility index (Phi) is 4.79. The number of ketones is 1. The second-order valence-electron chi connectivity index (χ2n) is 2.80. The quantitative estimate of drug-likeness (QED) is 0.629. The molecule has 0 heterocycles. The molecule has 2 heteroatoms. The van der Waals surface area contributed by atoms with Crippen LogP contribution in [0.1, 0.15) is 33.6 Å². The Bertz CT molecular complexity index is 159. The van der Waals surface area contributed by atoms with E-state index in [1.165, 1.54) is 13.0 Å². The van der Waals surface area contributed by atoms with E-state index in [0.29, 0.717) is 0 Å². The van der Waals surface area contributed by atoms with Gasteiger partial charge in [0.15, 0.2) is 5.78 Å². The molecule has 0 saturated heterocycles. The van der Waals surface area contributed by atoms with Gasteiger partial charge in [-0.3, -0.25) is 4.79 Å². The van der Waals surface area contributed by atoms with Gasteiger partial charge in [-0.2, -0.15) is 0 Å². The highest BCUT2D eigenvalue weighted by Crippen LogP contribution is 2.07. The van der Waals surface area contributed by atoms with Gasteiger partial charge in [0.25, 0.3) is 0 Å². The smallest absolute Gasteiger partial charge is 0.152 e. The second-order valence-corrected chi connectivity index (χ2v) is 2.80. The molecule has 0 aliphatic rings. The van der Waals surface area contributed by atoms with Gasteiger partial charge in [-0.15, -0.1) is 0 Å². The van der Waals surface area contributed by atoms with Crippen LogP contribution in [-0.2, 0) is 4.79 Å². The molecule has 0 rings (SSSR count). The number of hydrogen-bond donors (Lipinski definition) is 1. The molecule has 0 aromatic rings. The lowest BCUT2D eigenvalue weighted by atomic mass is 10.1. The van der Waals surface area contributed by atoms with Crippen LogP contribution < -0.4 is 0 Å². The normalized spacial score (nSPS) is 14.7. The Morgan fingerprint density at radius 3 is 2.45 bits per heavy atom. The van der Waals surface area contributed by atoms with E-state index in [1.54, 1.807) is 6.92 Å². The number of aliphatic hydroxyl groups excluding tert-OH is 1. The highest BCUT2D eigenvalue weighted by atomic mass is 16.3. The monoisotopic (exact) mass is 156 g/mol. The van der Waals surface area contributed by atoms with Gasteiger partial charge in [0.05, 0.1) is 6.10 Å². The second kappa shape index (κ2) is 5.08. The topological polar surface area (TPSA) is 37.3 Å². The highest BCUT2D eigenvalue weighted by Gasteiger charge is 2.04. The number of allylic oxidation sites excluding steroid dienone is 1. The lowest BCUT2D eigenvalue weighted by Gasteiger charge is -2.08. The molecular formula is C9H16O2. The van der Waals surface area contributed by atoms with Crippen LogP contribution in [0.25, 0.3) is 0 Å². The van der Waals surface area contributed by atoms with E-state index >= 15 is 0 Å². The fraction of sp³-hybridized carbons (Fsp3) is 0.667. The number of hydrogen-bond acceptors (Lipinski definition) is 2. The van der Waals surface area contributed by atoms with E-state index in [1.807, 2.05) is 6.92 Å². The van der Waals surface area contributed by atoms with Gasteiger partial charge < -0.3 is 5.11 Å². The fourth-order valence-electron chi connectivity index (χ4n) is 0.918. The Balaban J connectivity index is 4.00. The van der Waals surface area contributed by atoms with E-state index in [4.69, 9.17) is 0 Å². The van der Waals surface area contributed by atoms with Crippen LogP contribution in [0, 0.1) is 0 Å². The van der Waals surface area contributed by atoms with Crippen molar-refractivity contribution in [1.82, 2.24) is 0 Å². The van der Waals surface area contributed by atoms with E-state index < -0.39 is 6.10 Å². The van der Waals surface area contributed by atoms with Crippen molar-refractivity contribution in [2.24, 2.45) is 0 Å². The third-order valence-corrected chi connectivity index (χ3v) is 1.52. The van der Waals surface area contributed by atoms with Crippen LogP contribution in [0.15, 0.2) is 11.6 Å². The maximum absolute atomic E-state index is 10.6. The zero-order valence-corrected chi connectivity index (χ0v) is 7.42. The molecule has 0 bridgehead atoms. The molecule has 0 aliphatic heterocycles. The zero-order valence-electron chi connectivity index (χ0n) is 7.42. The predicted molar refractivity (Wildman–Crippen MR) is 45.4 cm³/mol. The first kappa shape index (κ1) is 10.4. The van der Waals surface area contributed by atoms with Gasteiger partial charge in [-0.1, -0.05) is 13.3 Å². The van der Waals surface area contributed by atoms with Crippen molar-refractivity contribution in [2.75, 3.05) is 0 Å². The predicted octanol–water partition coefficient (Wildman–Crippen LogP) is 1.68. The average Bonchev–Trinajstić information content (AvgIpc) is 1.86. The summed E-state index contributed by atoms with van der Waals surface area (Å²) >= 11 is 0. The lowest BCUT2D eigenvalue weighted by Crippen LogP contribution is -2.08. The minimum absolute atomic E-state index is 0.00217. The van der Waals surface area contributed by atoms with Crippen molar-refractivity contribution in [3.05, 3.63) is 11.6 Å². The Hall–Kier alpha value is -0.630. The summed E-state index contributed by atoms with van der Waals surface area (Å²) in [7, 11) is 0. The Labute approximate surface area is 67.9 Å². The van der Waals surface area contributed by atoms with E-state index in [0.717, 1.165) is 18.4 Å². The summed E-state index contributed by atoms with van der Waals surface area (Å²) in [5, 5.41) is 9.35. The molecule has 0 fully saturated rings. The molecule has 0 spiro atoms. The molecule has 0 radical (unpaired) electrons. The van der Waals surface area contributed by atoms with Crippen LogP contribution >= 0.6 is 0 Å². The summed E-state index contributed by atoms with van der Waals surface area (Å²) in [5.41, 5.74) is 0.763. The summed E-state index contributed by atoms with van der Waals surface area (Å²) < 4.78 is 0. The average molecular weight is 156 g/mol. The number of rotatable bonds is 4. The molecule has 11 heavy (non-hydrogen) atoms. The fourth-order valence-corrected chi connectivity index (χ4v) is 0.918. The number of aliphatic hydroxyl groups is 1. The largest absolute Gasteiger partial charge is 0.389 e. The third-order valence-electron chi connectivity index (χ3n) is 1.52. The lowest BCUT2D eigenvalue weighted by molar-refractivity contribution is -0.112. The minimum Gasteiger partial charge on any atom is -0.389 e. The first-order valence-corrected chi connectivity index (χ1v) is 3.94. The summed E-state index contributed by atoms with van der Waals surface area (Å²) in [6.07, 6.45) is 2.71. The van der Waals surface area contributed by atoms with Gasteiger partial charge in [0.2, 0.25) is 0 Å². The molecule has 2 nitrogen and oxygen atoms in total. The van der Waals surface area contributed by atoms with Crippen LogP contribution in [0.3, 0.4) is 0 Å². The van der Waals surface area contributed by atoms with Crippen molar-refractivity contribution >= 4 is 5.78 Å². The van der Waals surface area contributed by atoms with Crippen molar-refractivity contribution in [3.8, 4) is 0 Å². The molecule has 1 atom stereocenters. The molecule has 1 N–H and O–H groups in total. The van der Waals surface area contributed by atoms with Crippen molar-refractivity contribution < 1.29 is 9.90 Å². The van der Waals surface area contributed by atoms with E-state index in [-0.39, 0.29) is 5.78 Å². The molecule has 64 valence electrons. The van der Waals surface area contributed by atoms with Gasteiger partial charge in [-0.25, -0.2) is 0 Å². The highest BCUT2D eigenvalue weighted by molar-refractivity contribution is 5.87. The standard InChI is InChI=1S/C9H16O2/c1-4-5-9(11)7(2)6-8(3)10/h6,9,11H,4-5H2,1-3H3/b7-6+. The number of carbonyl (C=O) groups excluding carboxylic acids is 1. The van der Waals surface area contributed by atoms with E-state index in [2.05, 4.69) is 0 Å². The first-order chi connectivity index (χ1) is 5.07. The Morgan fingerprint density at radius 1 is 1.55 bits per heavy atom. The van der Waals surface area contributed by atoms with Crippen LogP contribution in [-0.4, -0.2) is 17.0 Å². The molecule has 0 saturated carbocycles. The van der Waals surface area contributed by atoms with Gasteiger partial charge in [-0.05, 0) is 31.9 Å². The van der Waals surface area contributed by atoms with Crippen molar-refractivity contribution in [1.29, 1.82) is 0 Å². The molecule has 0 amide bonds. The molecule has 0 aliphatic carbocycles. The maximum Gasteiger partial charge on any atom is 0.152 e. The van der Waals surface area contributed by atoms with Gasteiger partial charge in [0, 0.05) is 0 Å². The summed E-state index contributed by atoms with van der Waals surface area (Å²) in [6.45, 7) is 5.27. The summed E-state index contributed by atoms with van der Waals surface area (Å²) in [4.78, 5) is 10.6. The molecule has 0 aromatic carbocycles. The Morgan fingerprint density at radius 2 is 2.09 bits per heavy atom. The van der Waals surface area contributed by atoms with Gasteiger partial charge >= 0.3 is 0 Å². The SMILES string of the molecule is CCCC(O)/C(C)=C/C(C)=O. The maximum atomic E-state index is 10.6. The number of carbonyl (C=O) groups is 1. The van der Waals surface area contributed by atoms with Crippen molar-refractivity contribution in [2.45, 2.75) is 39.7 Å². The molecule has 0 aromatic heterocycles. The molecule has 1 unspecified atom stereocenters. The van der Waals surface area contributed by atoms with Gasteiger partial charge in [0.1, 0.15) is 0 Å². The van der Waals surface area contributed by atoms with Crippen LogP contribution in [0.5, 0.6) is 0 Å². The summed E-state index contributed by atoms with van der Waals surface area (Å²) in [5.74, 6) is -0.00217. The summed E-state index contributed by atoms with van der Waals surface area (Å²) in [6, 6.07) is 0. The first-order valence-electron chi connectivity index (χ1n) is 3.94. The van der Waals surface area contributed by atoms with Crippen LogP contribution in [0.2, 0.25) is 0 Å². The third kappa shape index (κ3) is 4.73. The molecular weight excluding hydrogens is 140 g/mol.